The summed E-state index contributed by atoms with van der Waals surface area (Å²) in [6.45, 7) is 11.7. The molecule has 0 aliphatic carbocycles. The lowest BCUT2D eigenvalue weighted by atomic mass is 10.6. The summed E-state index contributed by atoms with van der Waals surface area (Å²) in [5.74, 6) is 0. The maximum atomic E-state index is 5.45. The standard InChI is InChI=1S/C22H44I2O10/c23-1-3-25-5-7-27-9-11-29-13-15-31-17-19-33-21-22-34-20-18-32-16-14-30-12-10-28-8-6-26-4-2-24/h1-22H2. The Labute approximate surface area is 232 Å². The maximum Gasteiger partial charge on any atom is 0.0701 e. The van der Waals surface area contributed by atoms with Crippen LogP contribution in [0.5, 0.6) is 0 Å². The van der Waals surface area contributed by atoms with Gasteiger partial charge in [0, 0.05) is 8.86 Å². The minimum Gasteiger partial charge on any atom is -0.378 e. The third-order valence-electron chi connectivity index (χ3n) is 3.79. The lowest BCUT2D eigenvalue weighted by Gasteiger charge is -2.09. The van der Waals surface area contributed by atoms with Crippen LogP contribution in [0.15, 0.2) is 0 Å². The smallest absolute Gasteiger partial charge is 0.0701 e. The largest absolute Gasteiger partial charge is 0.378 e. The van der Waals surface area contributed by atoms with E-state index in [-0.39, 0.29) is 0 Å². The van der Waals surface area contributed by atoms with E-state index in [0.29, 0.717) is 119 Å². The summed E-state index contributed by atoms with van der Waals surface area (Å²) in [6, 6.07) is 0. The van der Waals surface area contributed by atoms with Crippen LogP contribution in [-0.2, 0) is 47.4 Å². The third-order valence-corrected chi connectivity index (χ3v) is 4.67. The van der Waals surface area contributed by atoms with Gasteiger partial charge in [0.15, 0.2) is 0 Å². The summed E-state index contributed by atoms with van der Waals surface area (Å²) in [4.78, 5) is 0. The molecule has 0 aromatic heterocycles. The van der Waals surface area contributed by atoms with Gasteiger partial charge in [-0.05, 0) is 0 Å². The first-order chi connectivity index (χ1) is 16.9. The molecular weight excluding hydrogens is 678 g/mol. The summed E-state index contributed by atoms with van der Waals surface area (Å²) in [5, 5.41) is 0. The number of rotatable bonds is 31. The van der Waals surface area contributed by atoms with Crippen molar-refractivity contribution in [3.8, 4) is 0 Å². The van der Waals surface area contributed by atoms with Gasteiger partial charge in [-0.1, -0.05) is 45.2 Å². The first kappa shape index (κ1) is 35.1. The zero-order valence-corrected chi connectivity index (χ0v) is 24.7. The second-order valence-corrected chi connectivity index (χ2v) is 8.66. The lowest BCUT2D eigenvalue weighted by Crippen LogP contribution is -2.15. The molecule has 0 aliphatic heterocycles. The summed E-state index contributed by atoms with van der Waals surface area (Å²) in [6.07, 6.45) is 0. The predicted molar refractivity (Wildman–Crippen MR) is 146 cm³/mol. The molecule has 0 aliphatic rings. The maximum absolute atomic E-state index is 5.45. The second kappa shape index (κ2) is 34.1. The van der Waals surface area contributed by atoms with Crippen LogP contribution in [0.2, 0.25) is 0 Å². The zero-order chi connectivity index (χ0) is 24.6. The van der Waals surface area contributed by atoms with Gasteiger partial charge in [-0.2, -0.15) is 0 Å². The van der Waals surface area contributed by atoms with Crippen LogP contribution in [0, 0.1) is 0 Å². The van der Waals surface area contributed by atoms with Gasteiger partial charge in [0.05, 0.1) is 132 Å². The van der Waals surface area contributed by atoms with Crippen molar-refractivity contribution in [2.24, 2.45) is 0 Å². The van der Waals surface area contributed by atoms with Crippen molar-refractivity contribution < 1.29 is 47.4 Å². The molecule has 12 heteroatoms. The molecule has 0 bridgehead atoms. The zero-order valence-electron chi connectivity index (χ0n) is 20.4. The van der Waals surface area contributed by atoms with Crippen molar-refractivity contribution in [2.75, 3.05) is 141 Å². The first-order valence-electron chi connectivity index (χ1n) is 11.8. The third kappa shape index (κ3) is 33.1. The van der Waals surface area contributed by atoms with Crippen molar-refractivity contribution in [1.29, 1.82) is 0 Å². The summed E-state index contributed by atoms with van der Waals surface area (Å²) in [7, 11) is 0. The molecule has 0 aromatic rings. The average molecular weight is 722 g/mol. The SMILES string of the molecule is ICCOCCOCCOCCOCCOCCOCCOCCOCCOCCOCCI. The number of hydrogen-bond acceptors (Lipinski definition) is 10. The Hall–Kier alpha value is 1.06. The molecular formula is C22H44I2O10. The molecule has 0 spiro atoms. The molecule has 34 heavy (non-hydrogen) atoms. The van der Waals surface area contributed by atoms with E-state index >= 15 is 0 Å². The molecule has 0 saturated heterocycles. The van der Waals surface area contributed by atoms with Gasteiger partial charge in [0.25, 0.3) is 0 Å². The summed E-state index contributed by atoms with van der Waals surface area (Å²) < 4.78 is 56.0. The monoisotopic (exact) mass is 722 g/mol. The quantitative estimate of drug-likeness (QED) is 0.0602. The highest BCUT2D eigenvalue weighted by atomic mass is 127. The van der Waals surface area contributed by atoms with E-state index in [2.05, 4.69) is 45.2 Å². The van der Waals surface area contributed by atoms with Crippen molar-refractivity contribution in [1.82, 2.24) is 0 Å². The summed E-state index contributed by atoms with van der Waals surface area (Å²) >= 11 is 4.56. The van der Waals surface area contributed by atoms with E-state index in [4.69, 9.17) is 47.4 Å². The molecule has 0 unspecified atom stereocenters. The molecule has 206 valence electrons. The van der Waals surface area contributed by atoms with Gasteiger partial charge in [-0.15, -0.1) is 0 Å². The van der Waals surface area contributed by atoms with Crippen LogP contribution in [0.4, 0.5) is 0 Å². The van der Waals surface area contributed by atoms with Gasteiger partial charge in [0.2, 0.25) is 0 Å². The van der Waals surface area contributed by atoms with Crippen LogP contribution in [-0.4, -0.2) is 141 Å². The number of halogens is 2. The number of ether oxygens (including phenoxy) is 10. The second-order valence-electron chi connectivity index (χ2n) is 6.50. The average Bonchev–Trinajstić information content (AvgIpc) is 2.85. The van der Waals surface area contributed by atoms with Gasteiger partial charge >= 0.3 is 0 Å². The van der Waals surface area contributed by atoms with Crippen LogP contribution >= 0.6 is 45.2 Å². The highest BCUT2D eigenvalue weighted by molar-refractivity contribution is 14.1. The van der Waals surface area contributed by atoms with E-state index in [1.54, 1.807) is 0 Å². The molecule has 0 radical (unpaired) electrons. The Kier molecular flexibility index (Phi) is 35.1. The fourth-order valence-electron chi connectivity index (χ4n) is 2.19. The normalized spacial score (nSPS) is 11.5. The van der Waals surface area contributed by atoms with Crippen molar-refractivity contribution in [3.63, 3.8) is 0 Å². The van der Waals surface area contributed by atoms with Crippen LogP contribution < -0.4 is 0 Å². The van der Waals surface area contributed by atoms with Crippen LogP contribution in [0.1, 0.15) is 0 Å². The van der Waals surface area contributed by atoms with E-state index in [0.717, 1.165) is 22.1 Å². The topological polar surface area (TPSA) is 92.3 Å². The van der Waals surface area contributed by atoms with E-state index in [9.17, 15) is 0 Å². The molecule has 0 N–H and O–H groups in total. The fraction of sp³-hybridized carbons (Fsp3) is 1.00. The lowest BCUT2D eigenvalue weighted by molar-refractivity contribution is -0.0260. The number of hydrogen-bond donors (Lipinski definition) is 0. The van der Waals surface area contributed by atoms with E-state index < -0.39 is 0 Å². The Bertz CT molecular complexity index is 328. The van der Waals surface area contributed by atoms with Crippen molar-refractivity contribution in [3.05, 3.63) is 0 Å². The molecule has 10 nitrogen and oxygen atoms in total. The van der Waals surface area contributed by atoms with E-state index in [1.165, 1.54) is 0 Å². The Morgan fingerprint density at radius 3 is 0.441 bits per heavy atom. The Morgan fingerprint density at radius 2 is 0.324 bits per heavy atom. The molecule has 0 atom stereocenters. The van der Waals surface area contributed by atoms with E-state index in [1.807, 2.05) is 0 Å². The van der Waals surface area contributed by atoms with Gasteiger partial charge in [-0.3, -0.25) is 0 Å². The van der Waals surface area contributed by atoms with Crippen LogP contribution in [0.3, 0.4) is 0 Å². The van der Waals surface area contributed by atoms with Gasteiger partial charge in [0.1, 0.15) is 0 Å². The fourth-order valence-corrected chi connectivity index (χ4v) is 2.81. The molecule has 0 heterocycles. The molecule has 0 fully saturated rings. The molecule has 0 amide bonds. The Morgan fingerprint density at radius 1 is 0.206 bits per heavy atom. The van der Waals surface area contributed by atoms with Gasteiger partial charge in [-0.25, -0.2) is 0 Å². The molecule has 0 aromatic carbocycles. The van der Waals surface area contributed by atoms with Crippen molar-refractivity contribution in [2.45, 2.75) is 0 Å². The minimum absolute atomic E-state index is 0.533. The van der Waals surface area contributed by atoms with Crippen LogP contribution in [0.25, 0.3) is 0 Å². The molecule has 0 saturated carbocycles. The number of alkyl halides is 2. The Balaban J connectivity index is 2.99. The highest BCUT2D eigenvalue weighted by Gasteiger charge is 1.95. The minimum atomic E-state index is 0.533. The van der Waals surface area contributed by atoms with Crippen molar-refractivity contribution >= 4 is 45.2 Å². The summed E-state index contributed by atoms with van der Waals surface area (Å²) in [5.41, 5.74) is 0. The first-order valence-corrected chi connectivity index (χ1v) is 14.9. The van der Waals surface area contributed by atoms with Gasteiger partial charge < -0.3 is 47.4 Å². The highest BCUT2D eigenvalue weighted by Crippen LogP contribution is 1.87. The predicted octanol–water partition coefficient (Wildman–Crippen LogP) is 2.02. The molecule has 0 rings (SSSR count).